The van der Waals surface area contributed by atoms with E-state index in [4.69, 9.17) is 9.47 Å². The van der Waals surface area contributed by atoms with Crippen LogP contribution in [-0.2, 0) is 19.1 Å². The Morgan fingerprint density at radius 3 is 2.33 bits per heavy atom. The summed E-state index contributed by atoms with van der Waals surface area (Å²) in [5.74, 6) is -0.101. The van der Waals surface area contributed by atoms with Crippen molar-refractivity contribution in [2.75, 3.05) is 33.4 Å². The van der Waals surface area contributed by atoms with Gasteiger partial charge in [0.2, 0.25) is 11.8 Å². The third kappa shape index (κ3) is 11.3. The minimum absolute atomic E-state index is 0.0504. The van der Waals surface area contributed by atoms with Crippen molar-refractivity contribution in [1.29, 1.82) is 0 Å². The fourth-order valence-corrected chi connectivity index (χ4v) is 1.13. The van der Waals surface area contributed by atoms with Gasteiger partial charge in [-0.15, -0.1) is 0 Å². The molecule has 0 rings (SSSR count). The Bertz CT molecular complexity index is 244. The van der Waals surface area contributed by atoms with Crippen LogP contribution in [0.5, 0.6) is 0 Å². The molecule has 2 N–H and O–H groups in total. The molecular formula is C12H24N2O4. The molecule has 0 saturated carbocycles. The highest BCUT2D eigenvalue weighted by molar-refractivity contribution is 5.76. The lowest BCUT2D eigenvalue weighted by molar-refractivity contribution is -0.123. The molecule has 0 aliphatic heterocycles. The van der Waals surface area contributed by atoms with Crippen LogP contribution in [0.25, 0.3) is 0 Å². The number of hydrogen-bond donors (Lipinski definition) is 2. The Kier molecular flexibility index (Phi) is 10.3. The summed E-state index contributed by atoms with van der Waals surface area (Å²) < 4.78 is 10.5. The van der Waals surface area contributed by atoms with Gasteiger partial charge in [0.1, 0.15) is 0 Å². The zero-order valence-corrected chi connectivity index (χ0v) is 11.5. The summed E-state index contributed by atoms with van der Waals surface area (Å²) in [6.45, 7) is 5.52. The van der Waals surface area contributed by atoms with Gasteiger partial charge in [-0.2, -0.15) is 0 Å². The molecule has 0 aromatic carbocycles. The van der Waals surface area contributed by atoms with Crippen molar-refractivity contribution < 1.29 is 19.1 Å². The largest absolute Gasteiger partial charge is 0.379 e. The van der Waals surface area contributed by atoms with E-state index in [1.54, 1.807) is 7.05 Å². The van der Waals surface area contributed by atoms with Gasteiger partial charge in [0.15, 0.2) is 0 Å². The quantitative estimate of drug-likeness (QED) is 0.545. The maximum Gasteiger partial charge on any atom is 0.222 e. The van der Waals surface area contributed by atoms with Crippen LogP contribution in [0.3, 0.4) is 0 Å². The number of carbonyl (C=O) groups is 2. The second-order valence-corrected chi connectivity index (χ2v) is 4.06. The van der Waals surface area contributed by atoms with Crippen LogP contribution in [0.15, 0.2) is 0 Å². The van der Waals surface area contributed by atoms with E-state index in [1.807, 2.05) is 13.8 Å². The first-order valence-electron chi connectivity index (χ1n) is 6.23. The van der Waals surface area contributed by atoms with Crippen LogP contribution in [0.2, 0.25) is 0 Å². The summed E-state index contributed by atoms with van der Waals surface area (Å²) in [7, 11) is 1.59. The van der Waals surface area contributed by atoms with Crippen molar-refractivity contribution in [3.63, 3.8) is 0 Å². The molecule has 0 atom stereocenters. The van der Waals surface area contributed by atoms with Crippen LogP contribution in [0, 0.1) is 0 Å². The maximum atomic E-state index is 11.3. The molecule has 106 valence electrons. The topological polar surface area (TPSA) is 76.7 Å². The molecule has 0 aromatic rings. The minimum Gasteiger partial charge on any atom is -0.379 e. The summed E-state index contributed by atoms with van der Waals surface area (Å²) in [4.78, 5) is 22.2. The first-order chi connectivity index (χ1) is 8.56. The summed E-state index contributed by atoms with van der Waals surface area (Å²) in [6, 6.07) is 0. The first kappa shape index (κ1) is 16.9. The summed E-state index contributed by atoms with van der Waals surface area (Å²) >= 11 is 0. The molecule has 0 aliphatic carbocycles. The molecule has 0 spiro atoms. The zero-order valence-electron chi connectivity index (χ0n) is 11.5. The average Bonchev–Trinajstić information content (AvgIpc) is 2.32. The monoisotopic (exact) mass is 260 g/mol. The third-order valence-electron chi connectivity index (χ3n) is 2.10. The molecule has 0 saturated heterocycles. The molecule has 18 heavy (non-hydrogen) atoms. The van der Waals surface area contributed by atoms with Gasteiger partial charge in [0.25, 0.3) is 0 Å². The second kappa shape index (κ2) is 11.0. The lowest BCUT2D eigenvalue weighted by Crippen LogP contribution is -2.28. The van der Waals surface area contributed by atoms with Crippen molar-refractivity contribution in [3.8, 4) is 0 Å². The Balaban J connectivity index is 3.27. The van der Waals surface area contributed by atoms with E-state index in [0.717, 1.165) is 0 Å². The van der Waals surface area contributed by atoms with Crippen molar-refractivity contribution in [1.82, 2.24) is 10.6 Å². The predicted octanol–water partition coefficient (Wildman–Crippen LogP) is 0.0704. The van der Waals surface area contributed by atoms with Gasteiger partial charge in [-0.3, -0.25) is 9.59 Å². The molecule has 0 heterocycles. The van der Waals surface area contributed by atoms with Gasteiger partial charge in [-0.05, 0) is 13.8 Å². The standard InChI is InChI=1S/C12H24N2O4/c1-10(2)18-8-5-12(16)14-6-9-17-7-4-11(15)13-3/h10H,4-9H2,1-3H3,(H,13,15)(H,14,16). The van der Waals surface area contributed by atoms with Crippen molar-refractivity contribution in [3.05, 3.63) is 0 Å². The van der Waals surface area contributed by atoms with Crippen molar-refractivity contribution in [2.24, 2.45) is 0 Å². The summed E-state index contributed by atoms with van der Waals surface area (Å²) in [5, 5.41) is 5.22. The fraction of sp³-hybridized carbons (Fsp3) is 0.833. The van der Waals surface area contributed by atoms with Gasteiger partial charge < -0.3 is 20.1 Å². The van der Waals surface area contributed by atoms with Crippen molar-refractivity contribution >= 4 is 11.8 Å². The number of rotatable bonds is 10. The van der Waals surface area contributed by atoms with Gasteiger partial charge in [-0.25, -0.2) is 0 Å². The lowest BCUT2D eigenvalue weighted by atomic mass is 10.4. The number of nitrogens with one attached hydrogen (secondary N) is 2. The normalized spacial score (nSPS) is 10.4. The van der Waals surface area contributed by atoms with E-state index in [9.17, 15) is 9.59 Å². The van der Waals surface area contributed by atoms with Crippen LogP contribution in [-0.4, -0.2) is 51.3 Å². The van der Waals surface area contributed by atoms with Crippen LogP contribution >= 0.6 is 0 Å². The first-order valence-corrected chi connectivity index (χ1v) is 6.23. The van der Waals surface area contributed by atoms with Crippen LogP contribution < -0.4 is 10.6 Å². The Labute approximate surface area is 108 Å². The molecule has 6 nitrogen and oxygen atoms in total. The van der Waals surface area contributed by atoms with Gasteiger partial charge in [0.05, 0.1) is 25.9 Å². The SMILES string of the molecule is CNC(=O)CCOCCNC(=O)CCOC(C)C. The molecular weight excluding hydrogens is 236 g/mol. The van der Waals surface area contributed by atoms with E-state index in [2.05, 4.69) is 10.6 Å². The Morgan fingerprint density at radius 1 is 1.06 bits per heavy atom. The molecule has 0 unspecified atom stereocenters. The zero-order chi connectivity index (χ0) is 13.8. The molecule has 0 bridgehead atoms. The predicted molar refractivity (Wildman–Crippen MR) is 68.2 cm³/mol. The third-order valence-corrected chi connectivity index (χ3v) is 2.10. The van der Waals surface area contributed by atoms with Gasteiger partial charge in [-0.1, -0.05) is 0 Å². The summed E-state index contributed by atoms with van der Waals surface area (Å²) in [6.07, 6.45) is 0.842. The molecule has 2 amide bonds. The van der Waals surface area contributed by atoms with E-state index in [1.165, 1.54) is 0 Å². The van der Waals surface area contributed by atoms with E-state index in [0.29, 0.717) is 39.2 Å². The van der Waals surface area contributed by atoms with Gasteiger partial charge >= 0.3 is 0 Å². The van der Waals surface area contributed by atoms with E-state index >= 15 is 0 Å². The number of hydrogen-bond acceptors (Lipinski definition) is 4. The smallest absolute Gasteiger partial charge is 0.222 e. The van der Waals surface area contributed by atoms with Crippen LogP contribution in [0.1, 0.15) is 26.7 Å². The van der Waals surface area contributed by atoms with Crippen molar-refractivity contribution in [2.45, 2.75) is 32.8 Å². The highest BCUT2D eigenvalue weighted by atomic mass is 16.5. The highest BCUT2D eigenvalue weighted by Crippen LogP contribution is 1.90. The maximum absolute atomic E-state index is 11.3. The second-order valence-electron chi connectivity index (χ2n) is 4.06. The fourth-order valence-electron chi connectivity index (χ4n) is 1.13. The lowest BCUT2D eigenvalue weighted by Gasteiger charge is -2.08. The van der Waals surface area contributed by atoms with E-state index < -0.39 is 0 Å². The number of ether oxygens (including phenoxy) is 2. The van der Waals surface area contributed by atoms with Gasteiger partial charge in [0, 0.05) is 26.4 Å². The summed E-state index contributed by atoms with van der Waals surface area (Å²) in [5.41, 5.74) is 0. The Hall–Kier alpha value is -1.14. The van der Waals surface area contributed by atoms with Crippen LogP contribution in [0.4, 0.5) is 0 Å². The minimum atomic E-state index is -0.0510. The Morgan fingerprint density at radius 2 is 1.72 bits per heavy atom. The molecule has 0 fully saturated rings. The number of carbonyl (C=O) groups excluding carboxylic acids is 2. The number of amides is 2. The van der Waals surface area contributed by atoms with E-state index in [-0.39, 0.29) is 17.9 Å². The molecule has 0 aromatic heterocycles. The molecule has 0 radical (unpaired) electrons. The highest BCUT2D eigenvalue weighted by Gasteiger charge is 2.02. The molecule has 6 heteroatoms. The average molecular weight is 260 g/mol. The molecule has 0 aliphatic rings.